The molecule has 0 radical (unpaired) electrons. The third kappa shape index (κ3) is 2.63. The van der Waals surface area contributed by atoms with E-state index in [-0.39, 0.29) is 5.91 Å². The largest absolute Gasteiger partial charge is 0.397 e. The first-order valence-electron chi connectivity index (χ1n) is 7.29. The third-order valence-electron chi connectivity index (χ3n) is 4.02. The number of nitrogen functional groups attached to an aromatic ring is 1. The summed E-state index contributed by atoms with van der Waals surface area (Å²) >= 11 is 0. The summed E-state index contributed by atoms with van der Waals surface area (Å²) in [7, 11) is 1.94. The van der Waals surface area contributed by atoms with Crippen molar-refractivity contribution in [2.75, 3.05) is 37.3 Å². The van der Waals surface area contributed by atoms with Gasteiger partial charge in [0.15, 0.2) is 0 Å². The molecule has 2 N–H and O–H groups in total. The molecule has 1 fully saturated rings. The lowest BCUT2D eigenvalue weighted by Gasteiger charge is -2.24. The van der Waals surface area contributed by atoms with Crippen molar-refractivity contribution in [3.05, 3.63) is 30.5 Å². The van der Waals surface area contributed by atoms with Crippen LogP contribution in [0.15, 0.2) is 30.5 Å². The van der Waals surface area contributed by atoms with E-state index in [1.165, 1.54) is 0 Å². The Labute approximate surface area is 124 Å². The standard InChI is InChI=1S/C16H20N4O/c1-19(11-15(21)20-9-2-3-10-20)14-7-8-18-16-12(14)5-4-6-13(16)17/h4-8H,2-3,9-11,17H2,1H3. The molecule has 110 valence electrons. The van der Waals surface area contributed by atoms with Gasteiger partial charge in [0.05, 0.1) is 17.7 Å². The maximum absolute atomic E-state index is 12.3. The second-order valence-corrected chi connectivity index (χ2v) is 5.52. The van der Waals surface area contributed by atoms with E-state index in [1.54, 1.807) is 6.20 Å². The van der Waals surface area contributed by atoms with Crippen molar-refractivity contribution in [3.8, 4) is 0 Å². The van der Waals surface area contributed by atoms with Gasteiger partial charge in [0.2, 0.25) is 5.91 Å². The van der Waals surface area contributed by atoms with Gasteiger partial charge in [0.1, 0.15) is 0 Å². The van der Waals surface area contributed by atoms with Gasteiger partial charge in [-0.2, -0.15) is 0 Å². The second-order valence-electron chi connectivity index (χ2n) is 5.52. The average molecular weight is 284 g/mol. The number of hydrogen-bond donors (Lipinski definition) is 1. The number of carbonyl (C=O) groups is 1. The van der Waals surface area contributed by atoms with Crippen molar-refractivity contribution in [1.82, 2.24) is 9.88 Å². The molecular weight excluding hydrogens is 264 g/mol. The average Bonchev–Trinajstić information content (AvgIpc) is 3.01. The molecular formula is C16H20N4O. The highest BCUT2D eigenvalue weighted by Crippen LogP contribution is 2.27. The van der Waals surface area contributed by atoms with Gasteiger partial charge in [-0.15, -0.1) is 0 Å². The molecule has 1 amide bonds. The summed E-state index contributed by atoms with van der Waals surface area (Å²) in [4.78, 5) is 20.5. The number of fused-ring (bicyclic) bond motifs is 1. The SMILES string of the molecule is CN(CC(=O)N1CCCC1)c1ccnc2c(N)cccc12. The summed E-state index contributed by atoms with van der Waals surface area (Å²) in [6, 6.07) is 7.68. The monoisotopic (exact) mass is 284 g/mol. The van der Waals surface area contributed by atoms with Crippen molar-refractivity contribution >= 4 is 28.2 Å². The Hall–Kier alpha value is -2.30. The molecule has 0 spiro atoms. The zero-order chi connectivity index (χ0) is 14.8. The predicted molar refractivity (Wildman–Crippen MR) is 85.2 cm³/mol. The van der Waals surface area contributed by atoms with Crippen molar-refractivity contribution in [2.45, 2.75) is 12.8 Å². The van der Waals surface area contributed by atoms with Crippen LogP contribution < -0.4 is 10.6 Å². The number of likely N-dealkylation sites (N-methyl/N-ethyl adjacent to an activating group) is 1. The Bertz CT molecular complexity index is 664. The number of nitrogens with zero attached hydrogens (tertiary/aromatic N) is 3. The van der Waals surface area contributed by atoms with Gasteiger partial charge in [0.25, 0.3) is 0 Å². The van der Waals surface area contributed by atoms with Gasteiger partial charge in [0, 0.05) is 37.4 Å². The summed E-state index contributed by atoms with van der Waals surface area (Å²) < 4.78 is 0. The molecule has 21 heavy (non-hydrogen) atoms. The zero-order valence-corrected chi connectivity index (χ0v) is 12.2. The van der Waals surface area contributed by atoms with Gasteiger partial charge in [-0.3, -0.25) is 9.78 Å². The van der Waals surface area contributed by atoms with Crippen LogP contribution in [-0.4, -0.2) is 42.5 Å². The van der Waals surface area contributed by atoms with Crippen LogP contribution >= 0.6 is 0 Å². The molecule has 0 saturated carbocycles. The summed E-state index contributed by atoms with van der Waals surface area (Å²) in [5.74, 6) is 0.184. The highest BCUT2D eigenvalue weighted by Gasteiger charge is 2.20. The first-order valence-corrected chi connectivity index (χ1v) is 7.29. The number of hydrogen-bond acceptors (Lipinski definition) is 4. The number of nitrogens with two attached hydrogens (primary N) is 1. The fraction of sp³-hybridized carbons (Fsp3) is 0.375. The number of benzene rings is 1. The first-order chi connectivity index (χ1) is 10.2. The zero-order valence-electron chi connectivity index (χ0n) is 12.2. The van der Waals surface area contributed by atoms with Crippen LogP contribution in [0.1, 0.15) is 12.8 Å². The quantitative estimate of drug-likeness (QED) is 0.874. The number of anilines is 2. The number of amides is 1. The van der Waals surface area contributed by atoms with E-state index < -0.39 is 0 Å². The van der Waals surface area contributed by atoms with Crippen LogP contribution in [0.3, 0.4) is 0 Å². The Balaban J connectivity index is 1.86. The van der Waals surface area contributed by atoms with Gasteiger partial charge in [-0.05, 0) is 25.0 Å². The van der Waals surface area contributed by atoms with E-state index in [9.17, 15) is 4.79 Å². The molecule has 3 rings (SSSR count). The number of para-hydroxylation sites is 1. The van der Waals surface area contributed by atoms with Crippen LogP contribution in [0, 0.1) is 0 Å². The van der Waals surface area contributed by atoms with Crippen molar-refractivity contribution in [3.63, 3.8) is 0 Å². The smallest absolute Gasteiger partial charge is 0.242 e. The normalized spacial score (nSPS) is 14.6. The molecule has 5 nitrogen and oxygen atoms in total. The Morgan fingerprint density at radius 3 is 2.86 bits per heavy atom. The molecule has 2 aromatic rings. The highest BCUT2D eigenvalue weighted by atomic mass is 16.2. The topological polar surface area (TPSA) is 62.5 Å². The van der Waals surface area contributed by atoms with Crippen LogP contribution in [0.25, 0.3) is 10.9 Å². The maximum atomic E-state index is 12.3. The lowest BCUT2D eigenvalue weighted by molar-refractivity contribution is -0.128. The number of carbonyl (C=O) groups excluding carboxylic acids is 1. The summed E-state index contributed by atoms with van der Waals surface area (Å²) in [6.45, 7) is 2.15. The van der Waals surface area contributed by atoms with Crippen molar-refractivity contribution in [1.29, 1.82) is 0 Å². The minimum Gasteiger partial charge on any atom is -0.397 e. The molecule has 1 aliphatic heterocycles. The van der Waals surface area contributed by atoms with Crippen LogP contribution in [0.4, 0.5) is 11.4 Å². The van der Waals surface area contributed by atoms with Crippen LogP contribution in [-0.2, 0) is 4.79 Å². The van der Waals surface area contributed by atoms with Crippen molar-refractivity contribution in [2.24, 2.45) is 0 Å². The molecule has 1 saturated heterocycles. The van der Waals surface area contributed by atoms with Crippen LogP contribution in [0.5, 0.6) is 0 Å². The molecule has 1 aromatic heterocycles. The van der Waals surface area contributed by atoms with Gasteiger partial charge >= 0.3 is 0 Å². The number of aromatic nitrogens is 1. The lowest BCUT2D eigenvalue weighted by atomic mass is 10.1. The van der Waals surface area contributed by atoms with E-state index >= 15 is 0 Å². The van der Waals surface area contributed by atoms with E-state index in [0.717, 1.165) is 42.5 Å². The number of likely N-dealkylation sites (tertiary alicyclic amines) is 1. The van der Waals surface area contributed by atoms with Crippen LogP contribution in [0.2, 0.25) is 0 Å². The van der Waals surface area contributed by atoms with Gasteiger partial charge in [-0.1, -0.05) is 12.1 Å². The summed E-state index contributed by atoms with van der Waals surface area (Å²) in [5, 5.41) is 0.981. The third-order valence-corrected chi connectivity index (χ3v) is 4.02. The fourth-order valence-electron chi connectivity index (χ4n) is 2.87. The first kappa shape index (κ1) is 13.7. The molecule has 0 unspecified atom stereocenters. The Kier molecular flexibility index (Phi) is 3.64. The maximum Gasteiger partial charge on any atom is 0.242 e. The number of pyridine rings is 1. The molecule has 0 bridgehead atoms. The minimum absolute atomic E-state index is 0.184. The minimum atomic E-state index is 0.184. The lowest BCUT2D eigenvalue weighted by Crippen LogP contribution is -2.37. The molecule has 1 aliphatic rings. The Morgan fingerprint density at radius 2 is 2.10 bits per heavy atom. The highest BCUT2D eigenvalue weighted by molar-refractivity contribution is 5.98. The summed E-state index contributed by atoms with van der Waals surface area (Å²) in [5.41, 5.74) is 8.40. The van der Waals surface area contributed by atoms with E-state index in [0.29, 0.717) is 12.2 Å². The van der Waals surface area contributed by atoms with E-state index in [4.69, 9.17) is 5.73 Å². The van der Waals surface area contributed by atoms with E-state index in [2.05, 4.69) is 4.98 Å². The Morgan fingerprint density at radius 1 is 1.33 bits per heavy atom. The van der Waals surface area contributed by atoms with E-state index in [1.807, 2.05) is 41.1 Å². The number of rotatable bonds is 3. The molecule has 2 heterocycles. The van der Waals surface area contributed by atoms with Gasteiger partial charge in [-0.25, -0.2) is 0 Å². The predicted octanol–water partition coefficient (Wildman–Crippen LogP) is 1.88. The molecule has 5 heteroatoms. The van der Waals surface area contributed by atoms with Crippen molar-refractivity contribution < 1.29 is 4.79 Å². The molecule has 0 atom stereocenters. The second kappa shape index (κ2) is 5.60. The molecule has 0 aliphatic carbocycles. The fourth-order valence-corrected chi connectivity index (χ4v) is 2.87. The summed E-state index contributed by atoms with van der Waals surface area (Å²) in [6.07, 6.45) is 3.97. The van der Waals surface area contributed by atoms with Gasteiger partial charge < -0.3 is 15.5 Å². The molecule has 1 aromatic carbocycles.